The lowest BCUT2D eigenvalue weighted by molar-refractivity contribution is 0.102. The summed E-state index contributed by atoms with van der Waals surface area (Å²) in [6, 6.07) is 17.5. The summed E-state index contributed by atoms with van der Waals surface area (Å²) in [4.78, 5) is 28.9. The van der Waals surface area contributed by atoms with E-state index in [9.17, 15) is 9.59 Å². The highest BCUT2D eigenvalue weighted by Gasteiger charge is 2.09. The van der Waals surface area contributed by atoms with Crippen LogP contribution in [0.3, 0.4) is 0 Å². The van der Waals surface area contributed by atoms with Gasteiger partial charge in [0.05, 0.1) is 5.69 Å². The maximum Gasteiger partial charge on any atom is 0.287 e. The van der Waals surface area contributed by atoms with Crippen LogP contribution in [-0.2, 0) is 6.61 Å². The molecule has 0 aliphatic carbocycles. The zero-order chi connectivity index (χ0) is 20.4. The average Bonchev–Trinajstić information content (AvgIpc) is 3.07. The molecule has 0 bridgehead atoms. The molecule has 0 aliphatic rings. The predicted molar refractivity (Wildman–Crippen MR) is 108 cm³/mol. The summed E-state index contributed by atoms with van der Waals surface area (Å²) in [6.45, 7) is 3.80. The molecular weight excluding hydrogens is 370 g/mol. The van der Waals surface area contributed by atoms with E-state index in [-0.39, 0.29) is 18.1 Å². The number of fused-ring (bicyclic) bond motifs is 1. The molecule has 4 rings (SSSR count). The van der Waals surface area contributed by atoms with Gasteiger partial charge in [-0.15, -0.1) is 4.57 Å². The highest BCUT2D eigenvalue weighted by molar-refractivity contribution is 6.04. The number of hydrogen-bond acceptors (Lipinski definition) is 5. The van der Waals surface area contributed by atoms with Crippen LogP contribution in [0.25, 0.3) is 5.65 Å². The van der Waals surface area contributed by atoms with E-state index in [4.69, 9.17) is 9.26 Å². The van der Waals surface area contributed by atoms with Gasteiger partial charge in [0.1, 0.15) is 18.1 Å². The normalized spacial score (nSPS) is 10.8. The number of carbonyl (C=O) groups is 1. The van der Waals surface area contributed by atoms with Gasteiger partial charge in [0.2, 0.25) is 0 Å². The number of aromatic nitrogens is 2. The van der Waals surface area contributed by atoms with Crippen LogP contribution in [0.4, 0.5) is 5.69 Å². The molecule has 146 valence electrons. The van der Waals surface area contributed by atoms with Gasteiger partial charge >= 0.3 is 0 Å². The molecule has 0 radical (unpaired) electrons. The fourth-order valence-corrected chi connectivity index (χ4v) is 2.96. The number of rotatable bonds is 5. The molecule has 0 atom stereocenters. The fourth-order valence-electron chi connectivity index (χ4n) is 2.96. The van der Waals surface area contributed by atoms with E-state index in [0.717, 1.165) is 10.1 Å². The molecule has 0 spiro atoms. The lowest BCUT2D eigenvalue weighted by atomic mass is 10.1. The van der Waals surface area contributed by atoms with Crippen LogP contribution in [-0.4, -0.2) is 15.5 Å². The second-order valence-electron chi connectivity index (χ2n) is 6.72. The first-order valence-electron chi connectivity index (χ1n) is 9.08. The molecular formula is C22H19N3O4. The zero-order valence-electron chi connectivity index (χ0n) is 16.0. The van der Waals surface area contributed by atoms with Crippen LogP contribution in [0.1, 0.15) is 27.4 Å². The highest BCUT2D eigenvalue weighted by Crippen LogP contribution is 2.19. The Morgan fingerprint density at radius 1 is 1.10 bits per heavy atom. The number of ether oxygens (including phenoxy) is 1. The minimum atomic E-state index is -0.305. The van der Waals surface area contributed by atoms with E-state index in [2.05, 4.69) is 10.3 Å². The van der Waals surface area contributed by atoms with Crippen molar-refractivity contribution in [1.29, 1.82) is 0 Å². The Hall–Kier alpha value is -3.87. The zero-order valence-corrected chi connectivity index (χ0v) is 16.0. The number of anilines is 1. The molecule has 0 unspecified atom stereocenters. The molecule has 7 nitrogen and oxygen atoms in total. The van der Waals surface area contributed by atoms with Gasteiger partial charge < -0.3 is 14.6 Å². The Bertz CT molecular complexity index is 1260. The number of hydrogen-bond donors (Lipinski definition) is 1. The lowest BCUT2D eigenvalue weighted by Gasteiger charge is -2.09. The Balaban J connectivity index is 1.46. The van der Waals surface area contributed by atoms with Gasteiger partial charge in [-0.25, -0.2) is 4.98 Å². The highest BCUT2D eigenvalue weighted by atomic mass is 16.5. The molecule has 1 N–H and O–H groups in total. The van der Waals surface area contributed by atoms with Gasteiger partial charge in [0, 0.05) is 29.4 Å². The number of nitrogens with one attached hydrogen (secondary N) is 1. The van der Waals surface area contributed by atoms with E-state index < -0.39 is 0 Å². The Morgan fingerprint density at radius 3 is 2.76 bits per heavy atom. The summed E-state index contributed by atoms with van der Waals surface area (Å²) in [5.74, 6) is 0.962. The van der Waals surface area contributed by atoms with Gasteiger partial charge in [-0.1, -0.05) is 23.8 Å². The van der Waals surface area contributed by atoms with Crippen LogP contribution >= 0.6 is 0 Å². The average molecular weight is 389 g/mol. The Morgan fingerprint density at radius 2 is 1.93 bits per heavy atom. The maximum absolute atomic E-state index is 12.4. The number of carbonyl (C=O) groups excluding carboxylic acids is 1. The maximum atomic E-state index is 12.4. The topological polar surface area (TPSA) is 85.8 Å². The largest absolute Gasteiger partial charge is 0.487 e. The minimum absolute atomic E-state index is 0.116. The first kappa shape index (κ1) is 18.5. The van der Waals surface area contributed by atoms with Crippen molar-refractivity contribution in [1.82, 2.24) is 9.56 Å². The molecule has 0 fully saturated rings. The van der Waals surface area contributed by atoms with Crippen molar-refractivity contribution in [2.75, 3.05) is 5.32 Å². The van der Waals surface area contributed by atoms with Crippen LogP contribution in [0.2, 0.25) is 0 Å². The smallest absolute Gasteiger partial charge is 0.287 e. The van der Waals surface area contributed by atoms with E-state index in [0.29, 0.717) is 34.1 Å². The molecule has 0 aliphatic heterocycles. The van der Waals surface area contributed by atoms with E-state index in [1.54, 1.807) is 43.3 Å². The van der Waals surface area contributed by atoms with Crippen molar-refractivity contribution in [2.45, 2.75) is 20.5 Å². The summed E-state index contributed by atoms with van der Waals surface area (Å²) in [5, 5.41) is 2.86. The lowest BCUT2D eigenvalue weighted by Crippen LogP contribution is -2.14. The van der Waals surface area contributed by atoms with E-state index in [1.807, 2.05) is 25.1 Å². The number of nitrogens with zero attached hydrogens (tertiary/aromatic N) is 2. The SMILES string of the molecule is Cc1cccc(C(=O)Nc2cccc(OCc3cc(=O)n4oc(C)cc4n3)c2)c1. The van der Waals surface area contributed by atoms with Gasteiger partial charge in [-0.3, -0.25) is 9.59 Å². The first-order valence-corrected chi connectivity index (χ1v) is 9.08. The third-order valence-electron chi connectivity index (χ3n) is 4.28. The number of aryl methyl sites for hydroxylation is 2. The van der Waals surface area contributed by atoms with Gasteiger partial charge in [0.15, 0.2) is 5.65 Å². The van der Waals surface area contributed by atoms with Gasteiger partial charge in [-0.05, 0) is 38.1 Å². The fraction of sp³-hybridized carbons (Fsp3) is 0.136. The van der Waals surface area contributed by atoms with Crippen molar-refractivity contribution in [3.05, 3.63) is 93.6 Å². The van der Waals surface area contributed by atoms with E-state index >= 15 is 0 Å². The van der Waals surface area contributed by atoms with Crippen LogP contribution in [0, 0.1) is 13.8 Å². The van der Waals surface area contributed by atoms with Gasteiger partial charge in [-0.2, -0.15) is 0 Å². The van der Waals surface area contributed by atoms with E-state index in [1.165, 1.54) is 6.07 Å². The molecule has 0 saturated carbocycles. The Labute approximate surface area is 166 Å². The van der Waals surface area contributed by atoms with Crippen molar-refractivity contribution < 1.29 is 14.1 Å². The van der Waals surface area contributed by atoms with Crippen molar-refractivity contribution in [3.8, 4) is 5.75 Å². The molecule has 2 aromatic carbocycles. The van der Waals surface area contributed by atoms with Crippen molar-refractivity contribution >= 4 is 17.2 Å². The second-order valence-corrected chi connectivity index (χ2v) is 6.72. The molecule has 2 aromatic heterocycles. The summed E-state index contributed by atoms with van der Waals surface area (Å²) in [7, 11) is 0. The summed E-state index contributed by atoms with van der Waals surface area (Å²) < 4.78 is 12.2. The molecule has 4 aromatic rings. The molecule has 7 heteroatoms. The van der Waals surface area contributed by atoms with Crippen LogP contribution < -0.4 is 15.6 Å². The summed E-state index contributed by atoms with van der Waals surface area (Å²) in [6.07, 6.45) is 0. The predicted octanol–water partition coefficient (Wildman–Crippen LogP) is 3.74. The summed E-state index contributed by atoms with van der Waals surface area (Å²) in [5.41, 5.74) is 2.84. The van der Waals surface area contributed by atoms with Crippen molar-refractivity contribution in [2.24, 2.45) is 0 Å². The third-order valence-corrected chi connectivity index (χ3v) is 4.28. The molecule has 2 heterocycles. The standard InChI is InChI=1S/C22H19N3O4/c1-14-5-3-6-16(9-14)22(27)24-17-7-4-8-19(11-17)28-13-18-12-21(26)25-20(23-18)10-15(2)29-25/h3-12H,13H2,1-2H3,(H,24,27). The second kappa shape index (κ2) is 7.63. The third kappa shape index (κ3) is 4.19. The van der Waals surface area contributed by atoms with Crippen LogP contribution in [0.15, 0.2) is 70.0 Å². The Kier molecular flexibility index (Phi) is 4.87. The molecule has 29 heavy (non-hydrogen) atoms. The molecule has 0 saturated heterocycles. The quantitative estimate of drug-likeness (QED) is 0.562. The summed E-state index contributed by atoms with van der Waals surface area (Å²) >= 11 is 0. The van der Waals surface area contributed by atoms with Gasteiger partial charge in [0.25, 0.3) is 11.5 Å². The van der Waals surface area contributed by atoms with Crippen molar-refractivity contribution in [3.63, 3.8) is 0 Å². The number of benzene rings is 2. The number of amides is 1. The molecule has 1 amide bonds. The first-order chi connectivity index (χ1) is 14.0. The minimum Gasteiger partial charge on any atom is -0.487 e. The monoisotopic (exact) mass is 389 g/mol. The van der Waals surface area contributed by atoms with Crippen LogP contribution in [0.5, 0.6) is 5.75 Å².